The average molecular weight is 390 g/mol. The Morgan fingerprint density at radius 2 is 1.82 bits per heavy atom. The zero-order chi connectivity index (χ0) is 15.7. The highest BCUT2D eigenvalue weighted by atomic mass is 35.5. The van der Waals surface area contributed by atoms with Gasteiger partial charge in [0, 0.05) is 21.0 Å². The number of thiazole rings is 1. The maximum absolute atomic E-state index is 12.2. The summed E-state index contributed by atoms with van der Waals surface area (Å²) in [5, 5.41) is 5.91. The van der Waals surface area contributed by atoms with Gasteiger partial charge in [-0.2, -0.15) is 0 Å². The molecule has 0 saturated carbocycles. The molecular weight excluding hydrogens is 383 g/mol. The van der Waals surface area contributed by atoms with E-state index < -0.39 is 0 Å². The van der Waals surface area contributed by atoms with Gasteiger partial charge in [-0.1, -0.05) is 34.8 Å². The first-order chi connectivity index (χ1) is 10.5. The zero-order valence-corrected chi connectivity index (χ0v) is 14.7. The molecule has 3 rings (SSSR count). The Kier molecular flexibility index (Phi) is 4.70. The minimum atomic E-state index is -0.311. The number of anilines is 1. The van der Waals surface area contributed by atoms with Crippen molar-refractivity contribution in [2.45, 2.75) is 0 Å². The number of rotatable bonds is 3. The molecule has 22 heavy (non-hydrogen) atoms. The first-order valence-electron chi connectivity index (χ1n) is 6.00. The molecule has 0 unspecified atom stereocenters. The maximum atomic E-state index is 12.2. The number of nitrogens with zero attached hydrogens (tertiary/aromatic N) is 1. The molecule has 8 heteroatoms. The van der Waals surface area contributed by atoms with Gasteiger partial charge in [0.15, 0.2) is 5.13 Å². The van der Waals surface area contributed by atoms with Gasteiger partial charge in [-0.25, -0.2) is 4.98 Å². The van der Waals surface area contributed by atoms with Gasteiger partial charge in [-0.3, -0.25) is 10.1 Å². The highest BCUT2D eigenvalue weighted by Crippen LogP contribution is 2.33. The summed E-state index contributed by atoms with van der Waals surface area (Å²) in [6, 6.07) is 8.38. The van der Waals surface area contributed by atoms with E-state index in [1.54, 1.807) is 18.2 Å². The number of hydrogen-bond acceptors (Lipinski definition) is 4. The normalized spacial score (nSPS) is 10.7. The molecule has 0 radical (unpaired) electrons. The smallest absolute Gasteiger partial charge is 0.257 e. The maximum Gasteiger partial charge on any atom is 0.257 e. The summed E-state index contributed by atoms with van der Waals surface area (Å²) in [6.45, 7) is 0. The van der Waals surface area contributed by atoms with Crippen LogP contribution in [-0.4, -0.2) is 10.9 Å². The Labute approximate surface area is 149 Å². The summed E-state index contributed by atoms with van der Waals surface area (Å²) in [6.07, 6.45) is 0. The van der Waals surface area contributed by atoms with Crippen molar-refractivity contribution in [3.05, 3.63) is 55.7 Å². The van der Waals surface area contributed by atoms with E-state index in [4.69, 9.17) is 34.8 Å². The molecule has 0 aliphatic heterocycles. The Balaban J connectivity index is 1.78. The molecule has 3 aromatic rings. The number of thiophene rings is 1. The molecule has 0 bridgehead atoms. The number of amides is 1. The Morgan fingerprint density at radius 3 is 2.45 bits per heavy atom. The van der Waals surface area contributed by atoms with E-state index in [9.17, 15) is 4.79 Å². The number of nitrogens with one attached hydrogen (secondary N) is 1. The number of carbonyl (C=O) groups excluding carboxylic acids is 1. The van der Waals surface area contributed by atoms with Crippen LogP contribution in [0.3, 0.4) is 0 Å². The fourth-order valence-corrected chi connectivity index (χ4v) is 4.06. The molecule has 0 atom stereocenters. The number of benzene rings is 1. The van der Waals surface area contributed by atoms with Gasteiger partial charge in [-0.15, -0.1) is 22.7 Å². The van der Waals surface area contributed by atoms with Crippen LogP contribution >= 0.6 is 57.5 Å². The summed E-state index contributed by atoms with van der Waals surface area (Å²) in [7, 11) is 0. The lowest BCUT2D eigenvalue weighted by Gasteiger charge is -2.03. The van der Waals surface area contributed by atoms with Gasteiger partial charge in [0.05, 0.1) is 14.9 Å². The van der Waals surface area contributed by atoms with Crippen LogP contribution in [0.25, 0.3) is 10.6 Å². The summed E-state index contributed by atoms with van der Waals surface area (Å²) in [4.78, 5) is 17.5. The van der Waals surface area contributed by atoms with Gasteiger partial charge >= 0.3 is 0 Å². The average Bonchev–Trinajstić information content (AvgIpc) is 3.06. The second-order valence-corrected chi connectivity index (χ2v) is 7.70. The number of carbonyl (C=O) groups is 1. The molecule has 0 aliphatic carbocycles. The molecule has 0 fully saturated rings. The van der Waals surface area contributed by atoms with E-state index in [0.717, 1.165) is 10.6 Å². The Morgan fingerprint density at radius 1 is 1.09 bits per heavy atom. The van der Waals surface area contributed by atoms with Crippen LogP contribution in [0.4, 0.5) is 5.13 Å². The van der Waals surface area contributed by atoms with E-state index in [-0.39, 0.29) is 5.91 Å². The lowest BCUT2D eigenvalue weighted by atomic mass is 10.2. The molecule has 3 nitrogen and oxygen atoms in total. The van der Waals surface area contributed by atoms with Crippen LogP contribution in [0.5, 0.6) is 0 Å². The van der Waals surface area contributed by atoms with Crippen molar-refractivity contribution in [3.63, 3.8) is 0 Å². The van der Waals surface area contributed by atoms with Crippen LogP contribution < -0.4 is 5.32 Å². The summed E-state index contributed by atoms with van der Waals surface area (Å²) < 4.78 is 0.696. The molecule has 112 valence electrons. The predicted molar refractivity (Wildman–Crippen MR) is 94.9 cm³/mol. The second kappa shape index (κ2) is 6.56. The van der Waals surface area contributed by atoms with Crippen LogP contribution in [0, 0.1) is 0 Å². The summed E-state index contributed by atoms with van der Waals surface area (Å²) in [5.74, 6) is -0.311. The minimum absolute atomic E-state index is 0.311. The lowest BCUT2D eigenvalue weighted by molar-refractivity contribution is 0.102. The van der Waals surface area contributed by atoms with Crippen molar-refractivity contribution in [3.8, 4) is 10.6 Å². The topological polar surface area (TPSA) is 42.0 Å². The predicted octanol–water partition coefficient (Wildman–Crippen LogP) is 6.08. The first kappa shape index (κ1) is 15.8. The third kappa shape index (κ3) is 3.62. The van der Waals surface area contributed by atoms with E-state index in [1.807, 2.05) is 17.5 Å². The molecule has 2 aromatic heterocycles. The van der Waals surface area contributed by atoms with Crippen LogP contribution in [0.15, 0.2) is 35.7 Å². The third-order valence-corrected chi connectivity index (χ3v) is 5.12. The quantitative estimate of drug-likeness (QED) is 0.589. The molecule has 0 aliphatic rings. The van der Waals surface area contributed by atoms with Crippen molar-refractivity contribution in [2.24, 2.45) is 0 Å². The van der Waals surface area contributed by atoms with Crippen molar-refractivity contribution < 1.29 is 4.79 Å². The SMILES string of the molecule is O=C(Nc1nc(-c2ccc(Cl)s2)cs1)c1cc(Cl)cc(Cl)c1. The van der Waals surface area contributed by atoms with Gasteiger partial charge in [0.1, 0.15) is 0 Å². The van der Waals surface area contributed by atoms with E-state index in [0.29, 0.717) is 25.1 Å². The third-order valence-electron chi connectivity index (χ3n) is 2.68. The van der Waals surface area contributed by atoms with E-state index in [2.05, 4.69) is 10.3 Å². The van der Waals surface area contributed by atoms with Crippen molar-refractivity contribution in [2.75, 3.05) is 5.32 Å². The summed E-state index contributed by atoms with van der Waals surface area (Å²) in [5.41, 5.74) is 1.16. The number of hydrogen-bond donors (Lipinski definition) is 1. The van der Waals surface area contributed by atoms with Crippen LogP contribution in [0.2, 0.25) is 14.4 Å². The van der Waals surface area contributed by atoms with Crippen LogP contribution in [0.1, 0.15) is 10.4 Å². The highest BCUT2D eigenvalue weighted by Gasteiger charge is 2.12. The number of halogens is 3. The lowest BCUT2D eigenvalue weighted by Crippen LogP contribution is -2.11. The Bertz CT molecular complexity index is 824. The van der Waals surface area contributed by atoms with Crippen molar-refractivity contribution >= 4 is 68.5 Å². The Hall–Kier alpha value is -1.11. The molecule has 1 aromatic carbocycles. The van der Waals surface area contributed by atoms with E-state index in [1.165, 1.54) is 22.7 Å². The van der Waals surface area contributed by atoms with Crippen LogP contribution in [-0.2, 0) is 0 Å². The standard InChI is InChI=1S/C14H7Cl3N2OS2/c15-8-3-7(4-9(16)5-8)13(20)19-14-18-10(6-21-14)11-1-2-12(17)22-11/h1-6H,(H,18,19,20). The highest BCUT2D eigenvalue weighted by molar-refractivity contribution is 7.20. The van der Waals surface area contributed by atoms with Gasteiger partial charge < -0.3 is 0 Å². The second-order valence-electron chi connectivity index (χ2n) is 4.25. The first-order valence-corrected chi connectivity index (χ1v) is 8.83. The molecular formula is C14H7Cl3N2OS2. The summed E-state index contributed by atoms with van der Waals surface area (Å²) >= 11 is 20.5. The molecule has 1 N–H and O–H groups in total. The van der Waals surface area contributed by atoms with Crippen molar-refractivity contribution in [1.82, 2.24) is 4.98 Å². The van der Waals surface area contributed by atoms with E-state index >= 15 is 0 Å². The zero-order valence-electron chi connectivity index (χ0n) is 10.8. The number of aromatic nitrogens is 1. The fraction of sp³-hybridized carbons (Fsp3) is 0. The van der Waals surface area contributed by atoms with Crippen molar-refractivity contribution in [1.29, 1.82) is 0 Å². The van der Waals surface area contributed by atoms with Gasteiger partial charge in [-0.05, 0) is 30.3 Å². The molecule has 1 amide bonds. The van der Waals surface area contributed by atoms with Gasteiger partial charge in [0.2, 0.25) is 0 Å². The monoisotopic (exact) mass is 388 g/mol. The molecule has 0 saturated heterocycles. The fourth-order valence-electron chi connectivity index (χ4n) is 1.75. The molecule has 0 spiro atoms. The molecule has 2 heterocycles. The van der Waals surface area contributed by atoms with Gasteiger partial charge in [0.25, 0.3) is 5.91 Å². The largest absolute Gasteiger partial charge is 0.298 e. The minimum Gasteiger partial charge on any atom is -0.298 e.